The molecule has 2 amide bonds. The van der Waals surface area contributed by atoms with Crippen LogP contribution in [0.2, 0.25) is 0 Å². The fourth-order valence-corrected chi connectivity index (χ4v) is 2.70. The molecule has 2 aromatic carbocycles. The Morgan fingerprint density at radius 2 is 1.81 bits per heavy atom. The zero-order chi connectivity index (χ0) is 18.7. The largest absolute Gasteiger partial charge is 0.459 e. The van der Waals surface area contributed by atoms with E-state index in [9.17, 15) is 24.5 Å². The minimum absolute atomic E-state index is 0.0271. The Kier molecular flexibility index (Phi) is 4.74. The summed E-state index contributed by atoms with van der Waals surface area (Å²) in [7, 11) is 0. The quantitative estimate of drug-likeness (QED) is 0.351. The lowest BCUT2D eigenvalue weighted by molar-refractivity contribution is -0.385. The molecule has 0 bridgehead atoms. The van der Waals surface area contributed by atoms with Crippen LogP contribution in [0.5, 0.6) is 0 Å². The molecule has 2 aromatic rings. The Bertz CT molecular complexity index is 908. The molecule has 0 aromatic heterocycles. The van der Waals surface area contributed by atoms with Gasteiger partial charge in [-0.1, -0.05) is 30.3 Å². The number of nitro groups is 1. The molecule has 8 nitrogen and oxygen atoms in total. The van der Waals surface area contributed by atoms with E-state index < -0.39 is 29.3 Å². The highest BCUT2D eigenvalue weighted by Crippen LogP contribution is 2.21. The molecule has 0 spiro atoms. The summed E-state index contributed by atoms with van der Waals surface area (Å²) >= 11 is 0. The number of amides is 2. The molecule has 1 aliphatic heterocycles. The predicted octanol–water partition coefficient (Wildman–Crippen LogP) is 1.86. The number of carbonyl (C=O) groups excluding carboxylic acids is 3. The van der Waals surface area contributed by atoms with Crippen LogP contribution in [0.25, 0.3) is 0 Å². The maximum atomic E-state index is 12.4. The summed E-state index contributed by atoms with van der Waals surface area (Å²) in [5.41, 5.74) is 1.05. The van der Waals surface area contributed by atoms with Crippen molar-refractivity contribution >= 4 is 23.5 Å². The Hall–Kier alpha value is -3.55. The second-order valence-corrected chi connectivity index (χ2v) is 5.67. The predicted molar refractivity (Wildman–Crippen MR) is 89.1 cm³/mol. The van der Waals surface area contributed by atoms with E-state index in [1.165, 1.54) is 18.2 Å². The van der Waals surface area contributed by atoms with Gasteiger partial charge >= 0.3 is 5.97 Å². The minimum Gasteiger partial charge on any atom is -0.459 e. The van der Waals surface area contributed by atoms with Crippen molar-refractivity contribution in [2.75, 3.05) is 6.54 Å². The Morgan fingerprint density at radius 1 is 1.12 bits per heavy atom. The number of rotatable bonds is 5. The maximum absolute atomic E-state index is 12.4. The fraction of sp³-hybridized carbons (Fsp3) is 0.167. The van der Waals surface area contributed by atoms with E-state index in [1.807, 2.05) is 0 Å². The van der Waals surface area contributed by atoms with Gasteiger partial charge in [-0.05, 0) is 17.7 Å². The fourth-order valence-electron chi connectivity index (χ4n) is 2.70. The van der Waals surface area contributed by atoms with Gasteiger partial charge in [0.15, 0.2) is 0 Å². The molecule has 132 valence electrons. The van der Waals surface area contributed by atoms with Crippen molar-refractivity contribution in [2.45, 2.75) is 13.0 Å². The third-order valence-electron chi connectivity index (χ3n) is 4.00. The Balaban J connectivity index is 1.67. The van der Waals surface area contributed by atoms with Crippen LogP contribution in [0.4, 0.5) is 5.69 Å². The number of nitro benzene ring substituents is 1. The summed E-state index contributed by atoms with van der Waals surface area (Å²) in [4.78, 5) is 47.8. The number of fused-ring (bicyclic) bond motifs is 1. The molecule has 0 fully saturated rings. The topological polar surface area (TPSA) is 107 Å². The van der Waals surface area contributed by atoms with Gasteiger partial charge in [0.2, 0.25) is 5.91 Å². The molecule has 0 aliphatic carbocycles. The second kappa shape index (κ2) is 7.14. The van der Waals surface area contributed by atoms with Crippen LogP contribution >= 0.6 is 0 Å². The maximum Gasteiger partial charge on any atom is 0.326 e. The number of nitrogens with zero attached hydrogens (tertiary/aromatic N) is 2. The molecule has 0 saturated carbocycles. The number of ether oxygens (including phenoxy) is 1. The number of benzene rings is 2. The molecule has 0 atom stereocenters. The molecule has 0 N–H and O–H groups in total. The highest BCUT2D eigenvalue weighted by atomic mass is 16.6. The standard InChI is InChI=1S/C18H14N2O6/c21-16-9-12-5-1-3-7-14(12)18(23)19(16)10-17(22)26-11-13-6-2-4-8-15(13)20(24)25/h1-8H,9-11H2. The van der Waals surface area contributed by atoms with E-state index in [0.29, 0.717) is 11.1 Å². The van der Waals surface area contributed by atoms with Crippen molar-refractivity contribution in [2.24, 2.45) is 0 Å². The van der Waals surface area contributed by atoms with Gasteiger partial charge < -0.3 is 4.74 Å². The van der Waals surface area contributed by atoms with Gasteiger partial charge in [-0.15, -0.1) is 0 Å². The average molecular weight is 354 g/mol. The first-order chi connectivity index (χ1) is 12.5. The zero-order valence-electron chi connectivity index (χ0n) is 13.6. The van der Waals surface area contributed by atoms with Crippen LogP contribution in [0.1, 0.15) is 21.5 Å². The number of hydrogen-bond acceptors (Lipinski definition) is 6. The molecular formula is C18H14N2O6. The third kappa shape index (κ3) is 3.44. The normalized spacial score (nSPS) is 13.3. The third-order valence-corrected chi connectivity index (χ3v) is 4.00. The van der Waals surface area contributed by atoms with Crippen LogP contribution in [0.15, 0.2) is 48.5 Å². The number of hydrogen-bond donors (Lipinski definition) is 0. The Labute approximate surface area is 148 Å². The van der Waals surface area contributed by atoms with E-state index in [-0.39, 0.29) is 24.3 Å². The van der Waals surface area contributed by atoms with Crippen molar-refractivity contribution in [3.8, 4) is 0 Å². The molecule has 0 radical (unpaired) electrons. The number of imide groups is 1. The van der Waals surface area contributed by atoms with Crippen LogP contribution in [-0.4, -0.2) is 34.2 Å². The lowest BCUT2D eigenvalue weighted by Crippen LogP contribution is -2.45. The lowest BCUT2D eigenvalue weighted by atomic mass is 9.98. The van der Waals surface area contributed by atoms with Gasteiger partial charge in [-0.2, -0.15) is 0 Å². The SMILES string of the molecule is O=C(CN1C(=O)Cc2ccccc2C1=O)OCc1ccccc1[N+](=O)[O-]. The van der Waals surface area contributed by atoms with Crippen LogP contribution < -0.4 is 0 Å². The van der Waals surface area contributed by atoms with E-state index in [4.69, 9.17) is 4.74 Å². The molecule has 1 aliphatic rings. The van der Waals surface area contributed by atoms with Crippen LogP contribution in [0.3, 0.4) is 0 Å². The van der Waals surface area contributed by atoms with Crippen molar-refractivity contribution in [1.82, 2.24) is 4.90 Å². The molecule has 26 heavy (non-hydrogen) atoms. The number of esters is 1. The Morgan fingerprint density at radius 3 is 2.58 bits per heavy atom. The van der Waals surface area contributed by atoms with Crippen molar-refractivity contribution in [3.63, 3.8) is 0 Å². The molecule has 0 saturated heterocycles. The monoisotopic (exact) mass is 354 g/mol. The molecule has 3 rings (SSSR count). The van der Waals surface area contributed by atoms with Crippen LogP contribution in [0, 0.1) is 10.1 Å². The highest BCUT2D eigenvalue weighted by molar-refractivity contribution is 6.11. The van der Waals surface area contributed by atoms with E-state index in [2.05, 4.69) is 0 Å². The summed E-state index contributed by atoms with van der Waals surface area (Å²) in [6.07, 6.45) is 0.0271. The zero-order valence-corrected chi connectivity index (χ0v) is 13.6. The molecule has 8 heteroatoms. The minimum atomic E-state index is -0.816. The van der Waals surface area contributed by atoms with Gasteiger partial charge in [0.25, 0.3) is 11.6 Å². The van der Waals surface area contributed by atoms with Crippen molar-refractivity contribution < 1.29 is 24.0 Å². The molecular weight excluding hydrogens is 340 g/mol. The first-order valence-corrected chi connectivity index (χ1v) is 7.78. The summed E-state index contributed by atoms with van der Waals surface area (Å²) in [6, 6.07) is 12.6. The van der Waals surface area contributed by atoms with Gasteiger partial charge in [-0.3, -0.25) is 29.4 Å². The molecule has 1 heterocycles. The first-order valence-electron chi connectivity index (χ1n) is 7.78. The first kappa shape index (κ1) is 17.3. The summed E-state index contributed by atoms with van der Waals surface area (Å²) < 4.78 is 5.02. The number of para-hydroxylation sites is 1. The summed E-state index contributed by atoms with van der Waals surface area (Å²) in [5.74, 6) is -1.86. The van der Waals surface area contributed by atoms with E-state index in [0.717, 1.165) is 4.90 Å². The number of carbonyl (C=O) groups is 3. The van der Waals surface area contributed by atoms with E-state index in [1.54, 1.807) is 30.3 Å². The van der Waals surface area contributed by atoms with Crippen molar-refractivity contribution in [3.05, 3.63) is 75.3 Å². The van der Waals surface area contributed by atoms with E-state index >= 15 is 0 Å². The summed E-state index contributed by atoms with van der Waals surface area (Å²) in [6.45, 7) is -0.852. The van der Waals surface area contributed by atoms with Gasteiger partial charge in [0.1, 0.15) is 13.2 Å². The van der Waals surface area contributed by atoms with Gasteiger partial charge in [0.05, 0.1) is 16.9 Å². The average Bonchev–Trinajstić information content (AvgIpc) is 2.63. The van der Waals surface area contributed by atoms with Crippen LogP contribution in [-0.2, 0) is 27.4 Å². The lowest BCUT2D eigenvalue weighted by Gasteiger charge is -2.25. The second-order valence-electron chi connectivity index (χ2n) is 5.67. The smallest absolute Gasteiger partial charge is 0.326 e. The molecule has 0 unspecified atom stereocenters. The van der Waals surface area contributed by atoms with Gasteiger partial charge in [0, 0.05) is 11.6 Å². The highest BCUT2D eigenvalue weighted by Gasteiger charge is 2.32. The van der Waals surface area contributed by atoms with Gasteiger partial charge in [-0.25, -0.2) is 0 Å². The van der Waals surface area contributed by atoms with Crippen molar-refractivity contribution in [1.29, 1.82) is 0 Å². The summed E-state index contributed by atoms with van der Waals surface area (Å²) in [5, 5.41) is 11.0.